The number of carboxylic acid groups (broad SMARTS) is 1. The SMILES string of the molecule is C[C@@H]([C@H](CC(=O)O)c1ccccc1)[N+](=O)[O-]. The van der Waals surface area contributed by atoms with Crippen molar-refractivity contribution in [2.45, 2.75) is 25.3 Å². The zero-order chi connectivity index (χ0) is 12.1. The zero-order valence-corrected chi connectivity index (χ0v) is 8.87. The van der Waals surface area contributed by atoms with Crippen molar-refractivity contribution >= 4 is 5.97 Å². The Balaban J connectivity index is 2.96. The molecule has 0 saturated heterocycles. The van der Waals surface area contributed by atoms with Crippen molar-refractivity contribution in [3.63, 3.8) is 0 Å². The van der Waals surface area contributed by atoms with E-state index in [-0.39, 0.29) is 6.42 Å². The van der Waals surface area contributed by atoms with Gasteiger partial charge in [0.1, 0.15) is 0 Å². The summed E-state index contributed by atoms with van der Waals surface area (Å²) in [7, 11) is 0. The van der Waals surface area contributed by atoms with Gasteiger partial charge in [0.25, 0.3) is 0 Å². The summed E-state index contributed by atoms with van der Waals surface area (Å²) in [6, 6.07) is 7.81. The largest absolute Gasteiger partial charge is 0.481 e. The summed E-state index contributed by atoms with van der Waals surface area (Å²) >= 11 is 0. The highest BCUT2D eigenvalue weighted by molar-refractivity contribution is 5.68. The predicted molar refractivity (Wildman–Crippen MR) is 57.9 cm³/mol. The van der Waals surface area contributed by atoms with Gasteiger partial charge in [-0.2, -0.15) is 0 Å². The molecular formula is C11H13NO4. The van der Waals surface area contributed by atoms with Crippen molar-refractivity contribution in [3.8, 4) is 0 Å². The van der Waals surface area contributed by atoms with Crippen LogP contribution in [0.5, 0.6) is 0 Å². The highest BCUT2D eigenvalue weighted by atomic mass is 16.6. The Labute approximate surface area is 92.9 Å². The van der Waals surface area contributed by atoms with Crippen molar-refractivity contribution in [2.24, 2.45) is 0 Å². The molecule has 1 aromatic rings. The number of nitrogens with zero attached hydrogens (tertiary/aromatic N) is 1. The van der Waals surface area contributed by atoms with Gasteiger partial charge < -0.3 is 5.11 Å². The number of rotatable bonds is 5. The van der Waals surface area contributed by atoms with Crippen molar-refractivity contribution in [1.82, 2.24) is 0 Å². The lowest BCUT2D eigenvalue weighted by Crippen LogP contribution is -2.26. The van der Waals surface area contributed by atoms with Crippen LogP contribution in [0.15, 0.2) is 30.3 Å². The third-order valence-electron chi connectivity index (χ3n) is 2.54. The molecule has 1 aromatic carbocycles. The highest BCUT2D eigenvalue weighted by Gasteiger charge is 2.29. The lowest BCUT2D eigenvalue weighted by molar-refractivity contribution is -0.522. The van der Waals surface area contributed by atoms with Crippen LogP contribution in [0.4, 0.5) is 0 Å². The van der Waals surface area contributed by atoms with Crippen LogP contribution in [0.25, 0.3) is 0 Å². The predicted octanol–water partition coefficient (Wildman–Crippen LogP) is 1.91. The maximum absolute atomic E-state index is 10.7. The molecule has 0 aliphatic rings. The molecule has 0 radical (unpaired) electrons. The van der Waals surface area contributed by atoms with Gasteiger partial charge in [-0.25, -0.2) is 0 Å². The molecule has 0 bridgehead atoms. The van der Waals surface area contributed by atoms with E-state index < -0.39 is 22.9 Å². The number of carboxylic acids is 1. The van der Waals surface area contributed by atoms with Crippen LogP contribution in [-0.2, 0) is 4.79 Å². The van der Waals surface area contributed by atoms with E-state index in [2.05, 4.69) is 0 Å². The van der Waals surface area contributed by atoms with Gasteiger partial charge in [-0.15, -0.1) is 0 Å². The molecule has 2 atom stereocenters. The highest BCUT2D eigenvalue weighted by Crippen LogP contribution is 2.24. The number of benzene rings is 1. The number of hydrogen-bond acceptors (Lipinski definition) is 3. The first-order valence-electron chi connectivity index (χ1n) is 4.92. The van der Waals surface area contributed by atoms with E-state index >= 15 is 0 Å². The Kier molecular flexibility index (Phi) is 3.99. The molecule has 0 spiro atoms. The van der Waals surface area contributed by atoms with Gasteiger partial charge in [-0.1, -0.05) is 30.3 Å². The standard InChI is InChI=1S/C11H13NO4/c1-8(12(15)16)10(7-11(13)14)9-5-3-2-4-6-9/h2-6,8,10H,7H2,1H3,(H,13,14)/t8-,10-/m0/s1. The molecule has 0 aliphatic carbocycles. The van der Waals surface area contributed by atoms with Gasteiger partial charge in [-0.05, 0) is 5.56 Å². The van der Waals surface area contributed by atoms with E-state index in [9.17, 15) is 14.9 Å². The fourth-order valence-electron chi connectivity index (χ4n) is 1.60. The summed E-state index contributed by atoms with van der Waals surface area (Å²) in [5, 5.41) is 19.5. The molecule has 0 fully saturated rings. The molecule has 16 heavy (non-hydrogen) atoms. The Hall–Kier alpha value is -1.91. The second-order valence-electron chi connectivity index (χ2n) is 3.64. The van der Waals surface area contributed by atoms with Crippen LogP contribution in [0, 0.1) is 10.1 Å². The minimum atomic E-state index is -1.03. The number of nitro groups is 1. The normalized spacial score (nSPS) is 14.1. The first-order valence-corrected chi connectivity index (χ1v) is 4.92. The average Bonchev–Trinajstić information content (AvgIpc) is 2.26. The van der Waals surface area contributed by atoms with E-state index in [1.807, 2.05) is 0 Å². The van der Waals surface area contributed by atoms with Crippen molar-refractivity contribution in [2.75, 3.05) is 0 Å². The fourth-order valence-corrected chi connectivity index (χ4v) is 1.60. The van der Waals surface area contributed by atoms with Gasteiger partial charge in [0, 0.05) is 11.8 Å². The molecule has 0 amide bonds. The molecule has 86 valence electrons. The van der Waals surface area contributed by atoms with Gasteiger partial charge in [0.05, 0.1) is 12.3 Å². The third-order valence-corrected chi connectivity index (χ3v) is 2.54. The Bertz CT molecular complexity index is 377. The quantitative estimate of drug-likeness (QED) is 0.610. The summed E-state index contributed by atoms with van der Waals surface area (Å²) in [6.07, 6.45) is -0.230. The number of aliphatic carboxylic acids is 1. The molecule has 1 N–H and O–H groups in total. The second kappa shape index (κ2) is 5.25. The van der Waals surface area contributed by atoms with Crippen LogP contribution >= 0.6 is 0 Å². The average molecular weight is 223 g/mol. The monoisotopic (exact) mass is 223 g/mol. The summed E-state index contributed by atoms with van der Waals surface area (Å²) in [5.74, 6) is -1.61. The molecule has 1 rings (SSSR count). The van der Waals surface area contributed by atoms with Gasteiger partial charge in [-0.3, -0.25) is 14.9 Å². The van der Waals surface area contributed by atoms with E-state index in [0.717, 1.165) is 0 Å². The Morgan fingerprint density at radius 2 is 2.00 bits per heavy atom. The van der Waals surface area contributed by atoms with E-state index in [0.29, 0.717) is 5.56 Å². The van der Waals surface area contributed by atoms with Crippen molar-refractivity contribution in [3.05, 3.63) is 46.0 Å². The lowest BCUT2D eigenvalue weighted by atomic mass is 9.90. The smallest absolute Gasteiger partial charge is 0.304 e. The maximum atomic E-state index is 10.7. The van der Waals surface area contributed by atoms with E-state index in [1.54, 1.807) is 30.3 Å². The van der Waals surface area contributed by atoms with Crippen molar-refractivity contribution in [1.29, 1.82) is 0 Å². The van der Waals surface area contributed by atoms with Gasteiger partial charge in [0.15, 0.2) is 0 Å². The van der Waals surface area contributed by atoms with Gasteiger partial charge >= 0.3 is 5.97 Å². The molecule has 0 aliphatic heterocycles. The molecule has 0 saturated carbocycles. The Morgan fingerprint density at radius 3 is 2.44 bits per heavy atom. The van der Waals surface area contributed by atoms with Crippen molar-refractivity contribution < 1.29 is 14.8 Å². The third kappa shape index (κ3) is 3.05. The topological polar surface area (TPSA) is 80.4 Å². The lowest BCUT2D eigenvalue weighted by Gasteiger charge is -2.16. The number of carbonyl (C=O) groups is 1. The first-order chi connectivity index (χ1) is 7.52. The number of hydrogen-bond donors (Lipinski definition) is 1. The van der Waals surface area contributed by atoms with Crippen LogP contribution in [0.1, 0.15) is 24.8 Å². The Morgan fingerprint density at radius 1 is 1.44 bits per heavy atom. The molecule has 0 unspecified atom stereocenters. The molecule has 5 nitrogen and oxygen atoms in total. The van der Waals surface area contributed by atoms with Crippen LogP contribution < -0.4 is 0 Å². The van der Waals surface area contributed by atoms with Crippen LogP contribution in [-0.4, -0.2) is 22.0 Å². The minimum absolute atomic E-state index is 0.230. The summed E-state index contributed by atoms with van der Waals surface area (Å²) < 4.78 is 0. The van der Waals surface area contributed by atoms with Gasteiger partial charge in [0.2, 0.25) is 6.04 Å². The summed E-state index contributed by atoms with van der Waals surface area (Å²) in [4.78, 5) is 21.0. The molecule has 0 aromatic heterocycles. The molecular weight excluding hydrogens is 210 g/mol. The fraction of sp³-hybridized carbons (Fsp3) is 0.364. The minimum Gasteiger partial charge on any atom is -0.481 e. The first kappa shape index (κ1) is 12.2. The second-order valence-corrected chi connectivity index (χ2v) is 3.64. The summed E-state index contributed by atoms with van der Waals surface area (Å²) in [6.45, 7) is 1.43. The van der Waals surface area contributed by atoms with Crippen LogP contribution in [0.3, 0.4) is 0 Å². The summed E-state index contributed by atoms with van der Waals surface area (Å²) in [5.41, 5.74) is 0.689. The van der Waals surface area contributed by atoms with E-state index in [1.165, 1.54) is 6.92 Å². The molecule has 0 heterocycles. The zero-order valence-electron chi connectivity index (χ0n) is 8.87. The van der Waals surface area contributed by atoms with E-state index in [4.69, 9.17) is 5.11 Å². The van der Waals surface area contributed by atoms with Crippen LogP contribution in [0.2, 0.25) is 0 Å². The molecule has 5 heteroatoms. The maximum Gasteiger partial charge on any atom is 0.304 e.